The Morgan fingerprint density at radius 1 is 0.972 bits per heavy atom. The number of likely N-dealkylation sites (N-methyl/N-ethyl adjacent to an activating group) is 1. The fourth-order valence-electron chi connectivity index (χ4n) is 4.12. The molecule has 0 radical (unpaired) electrons. The topological polar surface area (TPSA) is 64.7 Å². The van der Waals surface area contributed by atoms with E-state index in [1.54, 1.807) is 12.1 Å². The van der Waals surface area contributed by atoms with Crippen molar-refractivity contribution in [2.75, 3.05) is 42.7 Å². The maximum Gasteiger partial charge on any atom is 0.258 e. The molecule has 0 atom stereocenters. The molecular weight excluding hydrogens is 472 g/mol. The van der Waals surface area contributed by atoms with E-state index in [-0.39, 0.29) is 17.7 Å². The van der Waals surface area contributed by atoms with Crippen LogP contribution in [0.4, 0.5) is 17.1 Å². The van der Waals surface area contributed by atoms with Crippen LogP contribution in [0.25, 0.3) is 11.3 Å². The highest BCUT2D eigenvalue weighted by molar-refractivity contribution is 6.38. The molecule has 6 nitrogen and oxygen atoms in total. The van der Waals surface area contributed by atoms with E-state index in [2.05, 4.69) is 15.5 Å². The standard InChI is InChI=1S/C29H31ClN4O2/c1-19(2)29(36)34(17-16-33(3)4)23-13-11-22(12-14-23)31-27(20-8-6-5-7-9-20)26-24-15-10-21(30)18-25(24)32-28(26)35/h5-15,18-19,31H,16-17H2,1-4H3,(H,32,35)/b27-26-. The molecule has 0 aliphatic carbocycles. The number of hydrogen-bond acceptors (Lipinski definition) is 4. The van der Waals surface area contributed by atoms with Gasteiger partial charge in [0.15, 0.2) is 0 Å². The number of fused-ring (bicyclic) bond motifs is 1. The minimum atomic E-state index is -0.187. The number of hydrogen-bond donors (Lipinski definition) is 2. The van der Waals surface area contributed by atoms with Gasteiger partial charge in [-0.25, -0.2) is 0 Å². The zero-order valence-corrected chi connectivity index (χ0v) is 21.8. The minimum Gasteiger partial charge on any atom is -0.354 e. The van der Waals surface area contributed by atoms with Crippen molar-refractivity contribution in [1.29, 1.82) is 0 Å². The molecule has 7 heteroatoms. The third kappa shape index (κ3) is 5.61. The lowest BCUT2D eigenvalue weighted by atomic mass is 10.00. The van der Waals surface area contributed by atoms with Gasteiger partial charge in [-0.15, -0.1) is 0 Å². The molecule has 3 aromatic rings. The second-order valence-electron chi connectivity index (χ2n) is 9.38. The molecule has 1 aliphatic rings. The monoisotopic (exact) mass is 502 g/mol. The third-order valence-corrected chi connectivity index (χ3v) is 6.25. The van der Waals surface area contributed by atoms with Gasteiger partial charge in [0, 0.05) is 41.0 Å². The highest BCUT2D eigenvalue weighted by atomic mass is 35.5. The molecule has 0 spiro atoms. The molecule has 186 valence electrons. The Labute approximate surface area is 217 Å². The summed E-state index contributed by atoms with van der Waals surface area (Å²) in [6, 6.07) is 22.9. The summed E-state index contributed by atoms with van der Waals surface area (Å²) in [5.41, 5.74) is 5.28. The average molecular weight is 503 g/mol. The van der Waals surface area contributed by atoms with Gasteiger partial charge < -0.3 is 20.4 Å². The predicted molar refractivity (Wildman–Crippen MR) is 149 cm³/mol. The van der Waals surface area contributed by atoms with Crippen molar-refractivity contribution in [2.45, 2.75) is 13.8 Å². The summed E-state index contributed by atoms with van der Waals surface area (Å²) >= 11 is 6.15. The summed E-state index contributed by atoms with van der Waals surface area (Å²) < 4.78 is 0. The summed E-state index contributed by atoms with van der Waals surface area (Å²) in [6.45, 7) is 5.20. The van der Waals surface area contributed by atoms with Crippen LogP contribution in [0.3, 0.4) is 0 Å². The van der Waals surface area contributed by atoms with Crippen molar-refractivity contribution in [1.82, 2.24) is 4.90 Å². The number of nitrogens with zero attached hydrogens (tertiary/aromatic N) is 2. The first-order chi connectivity index (χ1) is 17.2. The Morgan fingerprint density at radius 2 is 1.67 bits per heavy atom. The Balaban J connectivity index is 1.70. The first-order valence-electron chi connectivity index (χ1n) is 12.0. The SMILES string of the molecule is CC(C)C(=O)N(CCN(C)C)c1ccc(N/C(=C2\C(=O)Nc3cc(Cl)ccc32)c2ccccc2)cc1. The van der Waals surface area contributed by atoms with Crippen molar-refractivity contribution in [3.63, 3.8) is 0 Å². The largest absolute Gasteiger partial charge is 0.354 e. The normalized spacial score (nSPS) is 14.0. The molecule has 0 bridgehead atoms. The van der Waals surface area contributed by atoms with Crippen LogP contribution in [-0.2, 0) is 9.59 Å². The molecule has 2 amide bonds. The van der Waals surface area contributed by atoms with Gasteiger partial charge in [-0.2, -0.15) is 0 Å². The Hall–Kier alpha value is -3.61. The number of benzene rings is 3. The summed E-state index contributed by atoms with van der Waals surface area (Å²) in [6.07, 6.45) is 0. The van der Waals surface area contributed by atoms with Crippen LogP contribution >= 0.6 is 11.6 Å². The second-order valence-corrected chi connectivity index (χ2v) is 9.82. The Morgan fingerprint density at radius 3 is 2.31 bits per heavy atom. The van der Waals surface area contributed by atoms with Gasteiger partial charge in [-0.05, 0) is 56.1 Å². The first-order valence-corrected chi connectivity index (χ1v) is 12.4. The summed E-state index contributed by atoms with van der Waals surface area (Å²) in [5, 5.41) is 6.96. The van der Waals surface area contributed by atoms with E-state index in [1.165, 1.54) is 0 Å². The third-order valence-electron chi connectivity index (χ3n) is 6.02. The maximum absolute atomic E-state index is 13.1. The highest BCUT2D eigenvalue weighted by Gasteiger charge is 2.28. The van der Waals surface area contributed by atoms with E-state index in [4.69, 9.17) is 11.6 Å². The van der Waals surface area contributed by atoms with Crippen LogP contribution in [0.15, 0.2) is 72.8 Å². The van der Waals surface area contributed by atoms with Crippen LogP contribution in [-0.4, -0.2) is 43.9 Å². The average Bonchev–Trinajstić information content (AvgIpc) is 3.18. The summed E-state index contributed by atoms with van der Waals surface area (Å²) in [4.78, 5) is 29.8. The fourth-order valence-corrected chi connectivity index (χ4v) is 4.30. The lowest BCUT2D eigenvalue weighted by molar-refractivity contribution is -0.121. The molecule has 4 rings (SSSR count). The van der Waals surface area contributed by atoms with E-state index in [0.29, 0.717) is 28.5 Å². The quantitative estimate of drug-likeness (QED) is 0.381. The van der Waals surface area contributed by atoms with Gasteiger partial charge in [-0.1, -0.05) is 61.8 Å². The van der Waals surface area contributed by atoms with Crippen molar-refractivity contribution in [2.24, 2.45) is 5.92 Å². The molecule has 0 unspecified atom stereocenters. The van der Waals surface area contributed by atoms with Crippen LogP contribution in [0.5, 0.6) is 0 Å². The van der Waals surface area contributed by atoms with Crippen molar-refractivity contribution in [3.8, 4) is 0 Å². The van der Waals surface area contributed by atoms with Crippen molar-refractivity contribution >= 4 is 51.7 Å². The molecule has 2 N–H and O–H groups in total. The number of rotatable bonds is 8. The van der Waals surface area contributed by atoms with Gasteiger partial charge in [0.05, 0.1) is 17.0 Å². The molecular formula is C29H31ClN4O2. The number of nitrogens with one attached hydrogen (secondary N) is 2. The molecule has 0 fully saturated rings. The molecule has 36 heavy (non-hydrogen) atoms. The Kier molecular flexibility index (Phi) is 7.77. The van der Waals surface area contributed by atoms with Gasteiger partial charge in [-0.3, -0.25) is 9.59 Å². The van der Waals surface area contributed by atoms with E-state index in [9.17, 15) is 9.59 Å². The number of amides is 2. The van der Waals surface area contributed by atoms with Crippen LogP contribution in [0.2, 0.25) is 5.02 Å². The Bertz CT molecular complexity index is 1280. The lowest BCUT2D eigenvalue weighted by Gasteiger charge is -2.26. The summed E-state index contributed by atoms with van der Waals surface area (Å²) in [7, 11) is 3.99. The van der Waals surface area contributed by atoms with Crippen LogP contribution in [0.1, 0.15) is 25.0 Å². The zero-order chi connectivity index (χ0) is 25.8. The molecule has 1 heterocycles. The number of halogens is 1. The minimum absolute atomic E-state index is 0.0857. The second kappa shape index (κ2) is 11.0. The molecule has 0 saturated carbocycles. The number of carbonyl (C=O) groups is 2. The van der Waals surface area contributed by atoms with Gasteiger partial charge in [0.25, 0.3) is 5.91 Å². The lowest BCUT2D eigenvalue weighted by Crippen LogP contribution is -2.39. The van der Waals surface area contributed by atoms with Gasteiger partial charge in [0.1, 0.15) is 0 Å². The van der Waals surface area contributed by atoms with E-state index in [1.807, 2.05) is 93.5 Å². The van der Waals surface area contributed by atoms with Gasteiger partial charge >= 0.3 is 0 Å². The van der Waals surface area contributed by atoms with Crippen molar-refractivity contribution in [3.05, 3.63) is 88.9 Å². The molecule has 0 aromatic heterocycles. The fraction of sp³-hybridized carbons (Fsp3) is 0.241. The van der Waals surface area contributed by atoms with Crippen molar-refractivity contribution < 1.29 is 9.59 Å². The number of anilines is 3. The number of carbonyl (C=O) groups excluding carboxylic acids is 2. The van der Waals surface area contributed by atoms with E-state index in [0.717, 1.165) is 29.0 Å². The molecule has 0 saturated heterocycles. The highest BCUT2D eigenvalue weighted by Crippen LogP contribution is 2.38. The van der Waals surface area contributed by atoms with E-state index >= 15 is 0 Å². The van der Waals surface area contributed by atoms with E-state index < -0.39 is 0 Å². The maximum atomic E-state index is 13.1. The molecule has 3 aromatic carbocycles. The van der Waals surface area contributed by atoms with Gasteiger partial charge in [0.2, 0.25) is 5.91 Å². The smallest absolute Gasteiger partial charge is 0.258 e. The van der Waals surface area contributed by atoms with Crippen LogP contribution < -0.4 is 15.5 Å². The predicted octanol–water partition coefficient (Wildman–Crippen LogP) is 5.82. The first kappa shape index (κ1) is 25.5. The van der Waals surface area contributed by atoms with Crippen LogP contribution in [0, 0.1) is 5.92 Å². The molecule has 1 aliphatic heterocycles. The zero-order valence-electron chi connectivity index (χ0n) is 21.0. The summed E-state index contributed by atoms with van der Waals surface area (Å²) in [5.74, 6) is -0.205.